The van der Waals surface area contributed by atoms with Gasteiger partial charge in [0.25, 0.3) is 5.91 Å². The Bertz CT molecular complexity index is 689. The molecule has 2 aromatic rings. The summed E-state index contributed by atoms with van der Waals surface area (Å²) in [5, 5.41) is 13.6. The number of nitriles is 1. The number of thiophene rings is 1. The topological polar surface area (TPSA) is 70.0 Å². The van der Waals surface area contributed by atoms with E-state index >= 15 is 0 Å². The van der Waals surface area contributed by atoms with Gasteiger partial charge < -0.3 is 5.32 Å². The minimum absolute atomic E-state index is 0.305. The Morgan fingerprint density at radius 1 is 1.38 bits per heavy atom. The Morgan fingerprint density at radius 3 is 2.71 bits per heavy atom. The molecule has 0 aliphatic rings. The first-order valence-corrected chi connectivity index (χ1v) is 8.86. The predicted molar refractivity (Wildman–Crippen MR) is 84.6 cm³/mol. The number of hydrogen-bond acceptors (Lipinski definition) is 4. The van der Waals surface area contributed by atoms with Crippen molar-refractivity contribution in [2.75, 3.05) is 12.0 Å². The van der Waals surface area contributed by atoms with Crippen molar-refractivity contribution in [3.63, 3.8) is 0 Å². The maximum atomic E-state index is 12.3. The third-order valence-corrected chi connectivity index (χ3v) is 4.62. The summed E-state index contributed by atoms with van der Waals surface area (Å²) in [6.45, 7) is 0. The van der Waals surface area contributed by atoms with Crippen molar-refractivity contribution >= 4 is 28.0 Å². The van der Waals surface area contributed by atoms with E-state index in [2.05, 4.69) is 5.32 Å². The zero-order valence-electron chi connectivity index (χ0n) is 11.4. The van der Waals surface area contributed by atoms with Crippen LogP contribution in [0.15, 0.2) is 41.8 Å². The second-order valence-electron chi connectivity index (χ2n) is 4.45. The van der Waals surface area contributed by atoms with Crippen LogP contribution in [-0.2, 0) is 10.8 Å². The van der Waals surface area contributed by atoms with Crippen LogP contribution in [0.3, 0.4) is 0 Å². The number of rotatable bonds is 5. The van der Waals surface area contributed by atoms with Gasteiger partial charge in [0.1, 0.15) is 10.9 Å². The fourth-order valence-corrected chi connectivity index (χ4v) is 3.43. The standard InChI is InChI=1S/C15H14N2O2S2/c1-21(19)10-13(11-5-3-2-4-6-11)17-15(18)14-12(9-16)7-8-20-14/h2-8,13H,10H2,1H3,(H,17,18)/t13-,21+/m1/s1. The van der Waals surface area contributed by atoms with Gasteiger partial charge in [-0.05, 0) is 17.0 Å². The molecule has 2 rings (SSSR count). The quantitative estimate of drug-likeness (QED) is 0.920. The second kappa shape index (κ2) is 7.16. The van der Waals surface area contributed by atoms with E-state index in [0.29, 0.717) is 16.2 Å². The summed E-state index contributed by atoms with van der Waals surface area (Å²) in [6, 6.07) is 12.7. The van der Waals surface area contributed by atoms with Crippen molar-refractivity contribution in [3.05, 3.63) is 57.8 Å². The molecule has 1 N–H and O–H groups in total. The van der Waals surface area contributed by atoms with Crippen LogP contribution in [0.2, 0.25) is 0 Å². The molecular formula is C15H14N2O2S2. The third-order valence-electron chi connectivity index (χ3n) is 2.90. The van der Waals surface area contributed by atoms with Gasteiger partial charge in [0.2, 0.25) is 0 Å². The van der Waals surface area contributed by atoms with E-state index in [1.54, 1.807) is 17.7 Å². The van der Waals surface area contributed by atoms with Gasteiger partial charge in [-0.25, -0.2) is 0 Å². The molecule has 0 radical (unpaired) electrons. The van der Waals surface area contributed by atoms with E-state index < -0.39 is 10.8 Å². The zero-order chi connectivity index (χ0) is 15.2. The lowest BCUT2D eigenvalue weighted by molar-refractivity contribution is 0.0944. The molecular weight excluding hydrogens is 304 g/mol. The van der Waals surface area contributed by atoms with Gasteiger partial charge in [0.15, 0.2) is 0 Å². The average Bonchev–Trinajstić information content (AvgIpc) is 2.95. The third kappa shape index (κ3) is 4.00. The fraction of sp³-hybridized carbons (Fsp3) is 0.200. The van der Waals surface area contributed by atoms with Crippen molar-refractivity contribution in [1.82, 2.24) is 5.32 Å². The second-order valence-corrected chi connectivity index (χ2v) is 6.85. The van der Waals surface area contributed by atoms with Crippen LogP contribution in [0.1, 0.15) is 26.8 Å². The molecule has 2 atom stereocenters. The number of carbonyl (C=O) groups is 1. The van der Waals surface area contributed by atoms with E-state index in [4.69, 9.17) is 5.26 Å². The summed E-state index contributed by atoms with van der Waals surface area (Å²) in [6.07, 6.45) is 1.61. The van der Waals surface area contributed by atoms with Crippen molar-refractivity contribution in [2.45, 2.75) is 6.04 Å². The summed E-state index contributed by atoms with van der Waals surface area (Å²) in [5.41, 5.74) is 1.26. The monoisotopic (exact) mass is 318 g/mol. The molecule has 0 bridgehead atoms. The molecule has 108 valence electrons. The predicted octanol–water partition coefficient (Wildman–Crippen LogP) is 2.47. The minimum Gasteiger partial charge on any atom is -0.344 e. The summed E-state index contributed by atoms with van der Waals surface area (Å²) < 4.78 is 11.5. The number of carbonyl (C=O) groups excluding carboxylic acids is 1. The molecule has 21 heavy (non-hydrogen) atoms. The number of hydrogen-bond donors (Lipinski definition) is 1. The van der Waals surface area contributed by atoms with Crippen LogP contribution in [0.5, 0.6) is 0 Å². The largest absolute Gasteiger partial charge is 0.344 e. The van der Waals surface area contributed by atoms with Gasteiger partial charge in [-0.3, -0.25) is 9.00 Å². The van der Waals surface area contributed by atoms with Gasteiger partial charge >= 0.3 is 0 Å². The lowest BCUT2D eigenvalue weighted by Crippen LogP contribution is -2.31. The van der Waals surface area contributed by atoms with Gasteiger partial charge in [-0.1, -0.05) is 30.3 Å². The van der Waals surface area contributed by atoms with E-state index in [1.165, 1.54) is 11.3 Å². The van der Waals surface area contributed by atoms with Crippen molar-refractivity contribution < 1.29 is 9.00 Å². The zero-order valence-corrected chi connectivity index (χ0v) is 13.0. The maximum Gasteiger partial charge on any atom is 0.263 e. The first kappa shape index (κ1) is 15.4. The molecule has 6 heteroatoms. The highest BCUT2D eigenvalue weighted by Gasteiger charge is 2.19. The minimum atomic E-state index is -1.04. The molecule has 0 unspecified atom stereocenters. The SMILES string of the molecule is C[S@](=O)C[C@@H](NC(=O)c1sccc1C#N)c1ccccc1. The van der Waals surface area contributed by atoms with Gasteiger partial charge in [0.05, 0.1) is 11.6 Å². The summed E-state index contributed by atoms with van der Waals surface area (Å²) in [7, 11) is -1.04. The molecule has 1 amide bonds. The van der Waals surface area contributed by atoms with Crippen LogP contribution >= 0.6 is 11.3 Å². The average molecular weight is 318 g/mol. The number of nitrogens with one attached hydrogen (secondary N) is 1. The molecule has 0 fully saturated rings. The van der Waals surface area contributed by atoms with E-state index in [1.807, 2.05) is 36.4 Å². The molecule has 1 aromatic heterocycles. The summed E-state index contributed by atoms with van der Waals surface area (Å²) in [5.74, 6) is 0.0316. The van der Waals surface area contributed by atoms with Gasteiger partial charge in [-0.15, -0.1) is 11.3 Å². The van der Waals surface area contributed by atoms with Crippen molar-refractivity contribution in [1.29, 1.82) is 5.26 Å². The normalized spacial score (nSPS) is 13.1. The lowest BCUT2D eigenvalue weighted by atomic mass is 10.1. The van der Waals surface area contributed by atoms with Crippen LogP contribution in [0.4, 0.5) is 0 Å². The molecule has 0 saturated heterocycles. The van der Waals surface area contributed by atoms with Crippen LogP contribution < -0.4 is 5.32 Å². The van der Waals surface area contributed by atoms with Crippen LogP contribution in [-0.4, -0.2) is 22.1 Å². The first-order chi connectivity index (χ1) is 10.1. The first-order valence-electron chi connectivity index (χ1n) is 6.25. The molecule has 4 nitrogen and oxygen atoms in total. The summed E-state index contributed by atoms with van der Waals surface area (Å²) in [4.78, 5) is 12.7. The molecule has 1 heterocycles. The highest BCUT2D eigenvalue weighted by atomic mass is 32.2. The van der Waals surface area contributed by atoms with Crippen molar-refractivity contribution in [2.24, 2.45) is 0 Å². The van der Waals surface area contributed by atoms with E-state index in [9.17, 15) is 9.00 Å². The molecule has 0 aliphatic heterocycles. The fourth-order valence-electron chi connectivity index (χ4n) is 1.94. The van der Waals surface area contributed by atoms with Crippen molar-refractivity contribution in [3.8, 4) is 6.07 Å². The highest BCUT2D eigenvalue weighted by Crippen LogP contribution is 2.19. The molecule has 1 aromatic carbocycles. The van der Waals surface area contributed by atoms with Crippen LogP contribution in [0.25, 0.3) is 0 Å². The van der Waals surface area contributed by atoms with Crippen LogP contribution in [0, 0.1) is 11.3 Å². The summed E-state index contributed by atoms with van der Waals surface area (Å²) >= 11 is 1.23. The molecule has 0 aliphatic carbocycles. The van der Waals surface area contributed by atoms with E-state index in [-0.39, 0.29) is 11.9 Å². The Balaban J connectivity index is 2.22. The Morgan fingerprint density at radius 2 is 2.10 bits per heavy atom. The smallest absolute Gasteiger partial charge is 0.263 e. The molecule has 0 saturated carbocycles. The maximum absolute atomic E-state index is 12.3. The van der Waals surface area contributed by atoms with Gasteiger partial charge in [-0.2, -0.15) is 5.26 Å². The number of amides is 1. The number of benzene rings is 1. The Labute approximate surface area is 129 Å². The lowest BCUT2D eigenvalue weighted by Gasteiger charge is -2.17. The highest BCUT2D eigenvalue weighted by molar-refractivity contribution is 7.84. The molecule has 0 spiro atoms. The van der Waals surface area contributed by atoms with Gasteiger partial charge in [0, 0.05) is 22.8 Å². The Hall–Kier alpha value is -1.97. The Kier molecular flexibility index (Phi) is 5.26. The number of nitrogens with zero attached hydrogens (tertiary/aromatic N) is 1. The van der Waals surface area contributed by atoms with E-state index in [0.717, 1.165) is 5.56 Å².